The average molecular weight is 1020 g/mol. The summed E-state index contributed by atoms with van der Waals surface area (Å²) in [7, 11) is 3.30. The van der Waals surface area contributed by atoms with Crippen molar-refractivity contribution in [2.75, 3.05) is 25.1 Å². The van der Waals surface area contributed by atoms with Crippen LogP contribution < -0.4 is 25.8 Å². The van der Waals surface area contributed by atoms with Gasteiger partial charge in [0.2, 0.25) is 17.7 Å². The number of thiazole rings is 1. The number of benzene rings is 3. The van der Waals surface area contributed by atoms with Gasteiger partial charge in [0, 0.05) is 85.6 Å². The number of fused-ring (bicyclic) bond motifs is 2. The number of amides is 3. The standard InChI is InChI=1S/C56H68F2N8O6S/c1-33(2)51(56(71)66-31-41(67)25-49(66)54(69)61-35(4)37-17-19-38(20-18-37)52-36(5)59-32-73-52)62-50(68)16-12-10-8-9-11-13-21-64-30-40(29-60-64)43-24-39-15-14-22-65(46(39)28-44(43)53(57)58)48-27-42(72-7)26-47-45(48)23-34(3)55(70)63(47)6/h17-20,23-24,26-30,32-33,35,41,49,51,53,67H,8-16,21-22,25,31H2,1-7H3,(H,61,69)(H,62,68)/t35-,41+,49-,51-/m0/s1. The Bertz CT molecular complexity index is 3000. The van der Waals surface area contributed by atoms with Crippen molar-refractivity contribution in [2.24, 2.45) is 13.0 Å². The fourth-order valence-electron chi connectivity index (χ4n) is 10.4. The van der Waals surface area contributed by atoms with E-state index in [9.17, 15) is 33.1 Å². The smallest absolute Gasteiger partial charge is 0.264 e. The molecular weight excluding hydrogens is 951 g/mol. The van der Waals surface area contributed by atoms with Crippen LogP contribution in [0.5, 0.6) is 5.75 Å². The third-order valence-electron chi connectivity index (χ3n) is 14.5. The van der Waals surface area contributed by atoms with Crippen LogP contribution in [0.3, 0.4) is 0 Å². The normalized spacial score (nSPS) is 16.5. The highest BCUT2D eigenvalue weighted by Gasteiger charge is 2.42. The maximum atomic E-state index is 14.9. The second-order valence-corrected chi connectivity index (χ2v) is 20.9. The molecule has 3 aromatic heterocycles. The van der Waals surface area contributed by atoms with Crippen molar-refractivity contribution in [3.8, 4) is 27.3 Å². The molecule has 14 nitrogen and oxygen atoms in total. The van der Waals surface area contributed by atoms with Gasteiger partial charge in [-0.2, -0.15) is 5.10 Å². The van der Waals surface area contributed by atoms with Crippen molar-refractivity contribution >= 4 is 51.3 Å². The molecule has 4 atom stereocenters. The van der Waals surface area contributed by atoms with Crippen molar-refractivity contribution in [2.45, 2.75) is 136 Å². The van der Waals surface area contributed by atoms with Gasteiger partial charge in [-0.1, -0.05) is 63.8 Å². The summed E-state index contributed by atoms with van der Waals surface area (Å²) in [6, 6.07) is 15.0. The number of anilines is 2. The number of likely N-dealkylation sites (tertiary alicyclic amines) is 1. The first-order valence-electron chi connectivity index (χ1n) is 25.5. The number of β-amino-alcohol motifs (C(OH)–C–C–N with tert-alkyl or cyclic N) is 1. The van der Waals surface area contributed by atoms with E-state index in [1.807, 2.05) is 92.6 Å². The van der Waals surface area contributed by atoms with E-state index in [-0.39, 0.29) is 60.2 Å². The van der Waals surface area contributed by atoms with Gasteiger partial charge in [0.15, 0.2) is 0 Å². The van der Waals surface area contributed by atoms with Crippen molar-refractivity contribution < 1.29 is 33.0 Å². The molecule has 5 heterocycles. The lowest BCUT2D eigenvalue weighted by molar-refractivity contribution is -0.142. The van der Waals surface area contributed by atoms with Gasteiger partial charge in [-0.25, -0.2) is 13.8 Å². The Morgan fingerprint density at radius 2 is 1.67 bits per heavy atom. The first kappa shape index (κ1) is 52.9. The number of rotatable bonds is 20. The Hall–Kier alpha value is -6.46. The molecule has 1 fully saturated rings. The van der Waals surface area contributed by atoms with Gasteiger partial charge >= 0.3 is 0 Å². The number of aromatic nitrogens is 4. The molecule has 0 unspecified atom stereocenters. The van der Waals surface area contributed by atoms with Crippen molar-refractivity contribution in [3.05, 3.63) is 111 Å². The number of aryl methyl sites for hydroxylation is 5. The quantitative estimate of drug-likeness (QED) is 0.0632. The summed E-state index contributed by atoms with van der Waals surface area (Å²) < 4.78 is 38.9. The molecule has 1 saturated heterocycles. The molecule has 17 heteroatoms. The Balaban J connectivity index is 0.795. The van der Waals surface area contributed by atoms with Crippen LogP contribution in [0.1, 0.15) is 119 Å². The summed E-state index contributed by atoms with van der Waals surface area (Å²) in [6.45, 7) is 10.6. The summed E-state index contributed by atoms with van der Waals surface area (Å²) in [5.41, 5.74) is 9.46. The Morgan fingerprint density at radius 3 is 2.37 bits per heavy atom. The highest BCUT2D eigenvalue weighted by atomic mass is 32.1. The highest BCUT2D eigenvalue weighted by molar-refractivity contribution is 7.13. The number of halogens is 2. The number of nitrogens with zero attached hydrogens (tertiary/aromatic N) is 6. The first-order valence-corrected chi connectivity index (χ1v) is 26.4. The third kappa shape index (κ3) is 11.8. The number of hydrogen-bond donors (Lipinski definition) is 3. The molecule has 0 spiro atoms. The van der Waals surface area contributed by atoms with Crippen molar-refractivity contribution in [3.63, 3.8) is 0 Å². The lowest BCUT2D eigenvalue weighted by atomic mass is 9.92. The molecular formula is C56H68F2N8O6S. The summed E-state index contributed by atoms with van der Waals surface area (Å²) in [4.78, 5) is 62.5. The number of unbranched alkanes of at least 4 members (excludes halogenated alkanes) is 5. The molecule has 3 aromatic carbocycles. The van der Waals surface area contributed by atoms with Gasteiger partial charge in [0.05, 0.1) is 52.7 Å². The maximum Gasteiger partial charge on any atom is 0.264 e. The molecule has 8 rings (SSSR count). The van der Waals surface area contributed by atoms with Crippen LogP contribution in [-0.2, 0) is 34.4 Å². The van der Waals surface area contributed by atoms with Gasteiger partial charge in [-0.15, -0.1) is 11.3 Å². The molecule has 3 N–H and O–H groups in total. The molecule has 2 aliphatic rings. The number of carbonyl (C=O) groups is 3. The lowest BCUT2D eigenvalue weighted by Gasteiger charge is -2.34. The molecule has 73 heavy (non-hydrogen) atoms. The second-order valence-electron chi connectivity index (χ2n) is 20.1. The highest BCUT2D eigenvalue weighted by Crippen LogP contribution is 2.44. The molecule has 3 amide bonds. The minimum atomic E-state index is -2.72. The van der Waals surface area contributed by atoms with Gasteiger partial charge in [0.25, 0.3) is 12.0 Å². The number of alkyl halides is 2. The van der Waals surface area contributed by atoms with E-state index in [1.165, 1.54) is 4.90 Å². The zero-order valence-corrected chi connectivity index (χ0v) is 43.7. The molecule has 0 bridgehead atoms. The fourth-order valence-corrected chi connectivity index (χ4v) is 11.2. The third-order valence-corrected chi connectivity index (χ3v) is 15.5. The second kappa shape index (κ2) is 23.2. The monoisotopic (exact) mass is 1020 g/mol. The van der Waals surface area contributed by atoms with Gasteiger partial charge in [-0.3, -0.25) is 23.9 Å². The first-order chi connectivity index (χ1) is 35.0. The average Bonchev–Trinajstić information content (AvgIpc) is 4.14. The van der Waals surface area contributed by atoms with E-state index < -0.39 is 24.6 Å². The zero-order chi connectivity index (χ0) is 52.1. The molecule has 0 aliphatic carbocycles. The minimum absolute atomic E-state index is 0.0130. The number of ether oxygens (including phenoxy) is 1. The van der Waals surface area contributed by atoms with E-state index in [1.54, 1.807) is 49.2 Å². The van der Waals surface area contributed by atoms with E-state index in [4.69, 9.17) is 4.74 Å². The SMILES string of the molecule is COc1cc(N2CCCc3cc(-c4cnn(CCCCCCCCC(=O)N[C@H](C(=O)N5C[C@H](O)C[C@H]5C(=O)N[C@@H](C)c5ccc(-c6scnc6C)cc5)C(C)C)c4)c(C(F)F)cc32)c2cc(C)c(=O)n(C)c2c1. The zero-order valence-electron chi connectivity index (χ0n) is 42.9. The van der Waals surface area contributed by atoms with Crippen LogP contribution in [-0.4, -0.2) is 85.4 Å². The van der Waals surface area contributed by atoms with Crippen LogP contribution in [0, 0.1) is 19.8 Å². The number of carbonyl (C=O) groups excluding carboxylic acids is 3. The lowest BCUT2D eigenvalue weighted by Crippen LogP contribution is -2.55. The number of nitrogens with one attached hydrogen (secondary N) is 2. The topological polar surface area (TPSA) is 164 Å². The fraction of sp³-hybridized carbons (Fsp3) is 0.464. The summed E-state index contributed by atoms with van der Waals surface area (Å²) in [5.74, 6) is -0.622. The van der Waals surface area contributed by atoms with Crippen LogP contribution in [0.2, 0.25) is 0 Å². The van der Waals surface area contributed by atoms with Crippen molar-refractivity contribution in [1.82, 2.24) is 34.9 Å². The molecule has 0 saturated carbocycles. The summed E-state index contributed by atoms with van der Waals surface area (Å²) in [6.07, 6.45) is 7.02. The van der Waals surface area contributed by atoms with Crippen LogP contribution in [0.15, 0.2) is 77.3 Å². The predicted octanol–water partition coefficient (Wildman–Crippen LogP) is 9.88. The molecule has 2 aliphatic heterocycles. The number of aliphatic hydroxyl groups is 1. The number of aliphatic hydroxyl groups excluding tert-OH is 1. The van der Waals surface area contributed by atoms with Crippen molar-refractivity contribution in [1.29, 1.82) is 0 Å². The number of methoxy groups -OCH3 is 1. The molecule has 6 aromatic rings. The Kier molecular flexibility index (Phi) is 16.8. The minimum Gasteiger partial charge on any atom is -0.497 e. The Labute approximate surface area is 429 Å². The largest absolute Gasteiger partial charge is 0.497 e. The van der Waals surface area contributed by atoms with E-state index in [2.05, 4.69) is 25.6 Å². The number of pyridine rings is 1. The van der Waals surface area contributed by atoms with E-state index in [0.29, 0.717) is 47.5 Å². The van der Waals surface area contributed by atoms with Crippen LogP contribution in [0.25, 0.3) is 32.5 Å². The van der Waals surface area contributed by atoms with Crippen LogP contribution >= 0.6 is 11.3 Å². The Morgan fingerprint density at radius 1 is 0.932 bits per heavy atom. The summed E-state index contributed by atoms with van der Waals surface area (Å²) >= 11 is 1.58. The summed E-state index contributed by atoms with van der Waals surface area (Å²) in [5, 5.41) is 22.0. The van der Waals surface area contributed by atoms with E-state index >= 15 is 0 Å². The number of hydrogen-bond acceptors (Lipinski definition) is 10. The van der Waals surface area contributed by atoms with Gasteiger partial charge in [-0.05, 0) is 92.8 Å². The van der Waals surface area contributed by atoms with Crippen LogP contribution in [0.4, 0.5) is 20.2 Å². The van der Waals surface area contributed by atoms with E-state index in [0.717, 1.165) is 89.0 Å². The maximum absolute atomic E-state index is 14.9. The molecule has 0 radical (unpaired) electrons. The predicted molar refractivity (Wildman–Crippen MR) is 282 cm³/mol. The van der Waals surface area contributed by atoms with Gasteiger partial charge in [0.1, 0.15) is 17.8 Å². The van der Waals surface area contributed by atoms with Gasteiger partial charge < -0.3 is 34.8 Å². The molecule has 388 valence electrons.